The van der Waals surface area contributed by atoms with Crippen molar-refractivity contribution in [3.05, 3.63) is 64.2 Å². The quantitative estimate of drug-likeness (QED) is 0.617. The molecule has 2 aromatic rings. The summed E-state index contributed by atoms with van der Waals surface area (Å²) in [6.45, 7) is -0.962. The molecule has 0 saturated heterocycles. The van der Waals surface area contributed by atoms with Gasteiger partial charge in [0.25, 0.3) is 5.91 Å². The number of benzene rings is 2. The molecule has 0 saturated carbocycles. The summed E-state index contributed by atoms with van der Waals surface area (Å²) < 4.78 is 69.5. The van der Waals surface area contributed by atoms with Gasteiger partial charge >= 0.3 is 12.1 Å². The second-order valence-corrected chi connectivity index (χ2v) is 5.32. The van der Waals surface area contributed by atoms with Gasteiger partial charge in [-0.25, -0.2) is 13.6 Å². The van der Waals surface area contributed by atoms with Crippen molar-refractivity contribution in [3.63, 3.8) is 0 Å². The number of ether oxygens (including phenoxy) is 1. The Kier molecular flexibility index (Phi) is 5.81. The smallest absolute Gasteiger partial charge is 0.417 e. The number of anilines is 1. The van der Waals surface area contributed by atoms with Gasteiger partial charge in [0.15, 0.2) is 6.61 Å². The average molecular weight is 394 g/mol. The average Bonchev–Trinajstić information content (AvgIpc) is 2.53. The summed E-state index contributed by atoms with van der Waals surface area (Å²) in [6, 6.07) is 5.32. The van der Waals surface area contributed by atoms with Crippen LogP contribution in [0.4, 0.5) is 27.6 Å². The summed E-state index contributed by atoms with van der Waals surface area (Å²) in [7, 11) is 0. The molecule has 0 aliphatic heterocycles. The van der Waals surface area contributed by atoms with E-state index in [1.54, 1.807) is 0 Å². The SMILES string of the molecule is O=C(COC(=O)c1c(F)cccc1F)Nc1ccc(Cl)c(C(F)(F)F)c1. The summed E-state index contributed by atoms with van der Waals surface area (Å²) in [4.78, 5) is 23.3. The number of carbonyl (C=O) groups is 2. The van der Waals surface area contributed by atoms with Gasteiger partial charge in [0.05, 0.1) is 10.6 Å². The lowest BCUT2D eigenvalue weighted by atomic mass is 10.2. The first-order chi connectivity index (χ1) is 12.1. The van der Waals surface area contributed by atoms with E-state index >= 15 is 0 Å². The lowest BCUT2D eigenvalue weighted by molar-refractivity contribution is -0.137. The molecule has 0 atom stereocenters. The van der Waals surface area contributed by atoms with Gasteiger partial charge in [-0.3, -0.25) is 4.79 Å². The van der Waals surface area contributed by atoms with E-state index in [1.807, 2.05) is 0 Å². The summed E-state index contributed by atoms with van der Waals surface area (Å²) in [5.41, 5.74) is -2.40. The summed E-state index contributed by atoms with van der Waals surface area (Å²) >= 11 is 5.44. The molecule has 1 amide bonds. The topological polar surface area (TPSA) is 55.4 Å². The second kappa shape index (κ2) is 7.69. The molecule has 0 aliphatic rings. The molecule has 138 valence electrons. The highest BCUT2D eigenvalue weighted by molar-refractivity contribution is 6.31. The molecule has 1 N–H and O–H groups in total. The molecule has 0 bridgehead atoms. The van der Waals surface area contributed by atoms with Crippen molar-refractivity contribution < 1.29 is 36.3 Å². The minimum atomic E-state index is -4.73. The molecule has 0 spiro atoms. The maximum Gasteiger partial charge on any atom is 0.417 e. The number of rotatable bonds is 4. The summed E-state index contributed by atoms with van der Waals surface area (Å²) in [5, 5.41) is 1.50. The first kappa shape index (κ1) is 19.6. The van der Waals surface area contributed by atoms with Crippen LogP contribution in [0.2, 0.25) is 5.02 Å². The van der Waals surface area contributed by atoms with Crippen molar-refractivity contribution in [2.45, 2.75) is 6.18 Å². The Labute approximate surface area is 148 Å². The number of hydrogen-bond donors (Lipinski definition) is 1. The molecule has 0 radical (unpaired) electrons. The Hall–Kier alpha value is -2.68. The fourth-order valence-electron chi connectivity index (χ4n) is 1.91. The lowest BCUT2D eigenvalue weighted by Gasteiger charge is -2.12. The molecule has 0 heterocycles. The van der Waals surface area contributed by atoms with Crippen LogP contribution in [0.15, 0.2) is 36.4 Å². The normalized spacial score (nSPS) is 11.2. The van der Waals surface area contributed by atoms with Crippen molar-refractivity contribution in [3.8, 4) is 0 Å². The molecular weight excluding hydrogens is 385 g/mol. The van der Waals surface area contributed by atoms with Crippen molar-refractivity contribution in [2.75, 3.05) is 11.9 Å². The first-order valence-corrected chi connectivity index (χ1v) is 7.25. The van der Waals surface area contributed by atoms with Crippen LogP contribution in [-0.4, -0.2) is 18.5 Å². The number of amides is 1. The predicted octanol–water partition coefficient (Wildman–Crippen LogP) is 4.43. The minimum absolute atomic E-state index is 0.250. The molecular formula is C16H9ClF5NO3. The van der Waals surface area contributed by atoms with Crippen molar-refractivity contribution in [1.82, 2.24) is 0 Å². The highest BCUT2D eigenvalue weighted by Crippen LogP contribution is 2.36. The molecule has 0 aromatic heterocycles. The number of alkyl halides is 3. The molecule has 4 nitrogen and oxygen atoms in total. The van der Waals surface area contributed by atoms with Gasteiger partial charge in [-0.05, 0) is 30.3 Å². The van der Waals surface area contributed by atoms with E-state index in [-0.39, 0.29) is 5.69 Å². The molecule has 2 aromatic carbocycles. The van der Waals surface area contributed by atoms with E-state index in [1.165, 1.54) is 0 Å². The van der Waals surface area contributed by atoms with Crippen LogP contribution in [0.5, 0.6) is 0 Å². The highest BCUT2D eigenvalue weighted by atomic mass is 35.5. The van der Waals surface area contributed by atoms with Crippen LogP contribution < -0.4 is 5.32 Å². The molecule has 2 rings (SSSR count). The van der Waals surface area contributed by atoms with Crippen LogP contribution >= 0.6 is 11.6 Å². The van der Waals surface area contributed by atoms with Crippen molar-refractivity contribution >= 4 is 29.2 Å². The van der Waals surface area contributed by atoms with Gasteiger partial charge in [-0.15, -0.1) is 0 Å². The van der Waals surface area contributed by atoms with Gasteiger partial charge in [0, 0.05) is 5.69 Å². The number of carbonyl (C=O) groups excluding carboxylic acids is 2. The maximum absolute atomic E-state index is 13.4. The van der Waals surface area contributed by atoms with Crippen LogP contribution in [0.3, 0.4) is 0 Å². The third-order valence-electron chi connectivity index (χ3n) is 3.06. The number of halogens is 6. The Morgan fingerprint density at radius 1 is 1.08 bits per heavy atom. The Morgan fingerprint density at radius 2 is 1.69 bits per heavy atom. The van der Waals surface area contributed by atoms with E-state index in [0.29, 0.717) is 6.07 Å². The number of esters is 1. The third-order valence-corrected chi connectivity index (χ3v) is 3.39. The number of nitrogens with one attached hydrogen (secondary N) is 1. The monoisotopic (exact) mass is 393 g/mol. The van der Waals surface area contributed by atoms with E-state index in [9.17, 15) is 31.5 Å². The fourth-order valence-corrected chi connectivity index (χ4v) is 2.14. The van der Waals surface area contributed by atoms with E-state index < -0.39 is 52.4 Å². The van der Waals surface area contributed by atoms with E-state index in [2.05, 4.69) is 10.1 Å². The van der Waals surface area contributed by atoms with Crippen LogP contribution in [0, 0.1) is 11.6 Å². The fraction of sp³-hybridized carbons (Fsp3) is 0.125. The molecule has 0 aliphatic carbocycles. The zero-order chi connectivity index (χ0) is 19.5. The van der Waals surface area contributed by atoms with Gasteiger partial charge in [0.1, 0.15) is 17.2 Å². The Morgan fingerprint density at radius 3 is 2.27 bits per heavy atom. The van der Waals surface area contributed by atoms with Crippen LogP contribution in [-0.2, 0) is 15.7 Å². The Balaban J connectivity index is 2.03. The van der Waals surface area contributed by atoms with Crippen molar-refractivity contribution in [2.24, 2.45) is 0 Å². The minimum Gasteiger partial charge on any atom is -0.452 e. The van der Waals surface area contributed by atoms with E-state index in [4.69, 9.17) is 11.6 Å². The molecule has 10 heteroatoms. The predicted molar refractivity (Wildman–Crippen MR) is 81.7 cm³/mol. The van der Waals surface area contributed by atoms with Crippen LogP contribution in [0.1, 0.15) is 15.9 Å². The standard InChI is InChI=1S/C16H9ClF5NO3/c17-10-5-4-8(6-9(10)16(20,21)22)23-13(24)7-26-15(25)14-11(18)2-1-3-12(14)19/h1-6H,7H2,(H,23,24). The second-order valence-electron chi connectivity index (χ2n) is 4.91. The largest absolute Gasteiger partial charge is 0.452 e. The zero-order valence-electron chi connectivity index (χ0n) is 12.7. The number of hydrogen-bond acceptors (Lipinski definition) is 3. The van der Waals surface area contributed by atoms with Crippen LogP contribution in [0.25, 0.3) is 0 Å². The zero-order valence-corrected chi connectivity index (χ0v) is 13.4. The first-order valence-electron chi connectivity index (χ1n) is 6.87. The maximum atomic E-state index is 13.4. The van der Waals surface area contributed by atoms with Gasteiger partial charge in [-0.2, -0.15) is 13.2 Å². The summed E-state index contributed by atoms with van der Waals surface area (Å²) in [5.74, 6) is -4.79. The molecule has 26 heavy (non-hydrogen) atoms. The van der Waals surface area contributed by atoms with Gasteiger partial charge in [-0.1, -0.05) is 17.7 Å². The highest BCUT2D eigenvalue weighted by Gasteiger charge is 2.33. The molecule has 0 unspecified atom stereocenters. The van der Waals surface area contributed by atoms with Gasteiger partial charge in [0.2, 0.25) is 0 Å². The molecule has 0 fully saturated rings. The summed E-state index contributed by atoms with van der Waals surface area (Å²) in [6.07, 6.45) is -4.73. The lowest BCUT2D eigenvalue weighted by Crippen LogP contribution is -2.22. The van der Waals surface area contributed by atoms with E-state index in [0.717, 1.165) is 30.3 Å². The van der Waals surface area contributed by atoms with Gasteiger partial charge < -0.3 is 10.1 Å². The Bertz CT molecular complexity index is 834. The third kappa shape index (κ3) is 4.69. The van der Waals surface area contributed by atoms with Crippen molar-refractivity contribution in [1.29, 1.82) is 0 Å².